The first-order valence-electron chi connectivity index (χ1n) is 8.54. The highest BCUT2D eigenvalue weighted by Crippen LogP contribution is 2.28. The van der Waals surface area contributed by atoms with Crippen LogP contribution in [-0.4, -0.2) is 41.6 Å². The molecular weight excluding hydrogens is 338 g/mol. The first-order chi connectivity index (χ1) is 12.4. The predicted molar refractivity (Wildman–Crippen MR) is 94.4 cm³/mol. The molecule has 1 fully saturated rings. The van der Waals surface area contributed by atoms with Crippen LogP contribution in [0, 0.1) is 19.8 Å². The Balaban J connectivity index is 1.73. The number of carbonyl (C=O) groups is 2. The summed E-state index contributed by atoms with van der Waals surface area (Å²) in [7, 11) is 0. The molecule has 2 aromatic rings. The zero-order valence-electron chi connectivity index (χ0n) is 14.8. The predicted octanol–water partition coefficient (Wildman–Crippen LogP) is 2.11. The number of piperidine rings is 1. The minimum Gasteiger partial charge on any atom is -0.483 e. The molecule has 2 heterocycles. The fourth-order valence-corrected chi connectivity index (χ4v) is 3.29. The van der Waals surface area contributed by atoms with Crippen LogP contribution in [0.1, 0.15) is 24.0 Å². The summed E-state index contributed by atoms with van der Waals surface area (Å²) in [6.45, 7) is 4.16. The van der Waals surface area contributed by atoms with E-state index in [-0.39, 0.29) is 19.1 Å². The Morgan fingerprint density at radius 2 is 2.12 bits per heavy atom. The third-order valence-corrected chi connectivity index (χ3v) is 4.79. The number of fused-ring (bicyclic) bond motifs is 1. The van der Waals surface area contributed by atoms with Crippen LogP contribution in [0.15, 0.2) is 27.4 Å². The molecule has 0 spiro atoms. The maximum Gasteiger partial charge on any atom is 0.336 e. The van der Waals surface area contributed by atoms with Gasteiger partial charge in [-0.05, 0) is 44.4 Å². The van der Waals surface area contributed by atoms with Crippen molar-refractivity contribution in [3.8, 4) is 5.75 Å². The van der Waals surface area contributed by atoms with Crippen LogP contribution in [0.25, 0.3) is 11.0 Å². The molecule has 0 unspecified atom stereocenters. The van der Waals surface area contributed by atoms with Gasteiger partial charge < -0.3 is 19.2 Å². The standard InChI is InChI=1S/C19H21NO6/c1-11-8-17(22)26-18-12(2)15(6-5-14(11)18)25-10-16(21)20-7-3-4-13(9-20)19(23)24/h5-6,8,13H,3-4,7,9-10H2,1-2H3,(H,23,24)/t13-/m1/s1. The van der Waals surface area contributed by atoms with E-state index < -0.39 is 17.5 Å². The van der Waals surface area contributed by atoms with Crippen molar-refractivity contribution in [2.45, 2.75) is 26.7 Å². The quantitative estimate of drug-likeness (QED) is 0.840. The number of ether oxygens (including phenoxy) is 1. The van der Waals surface area contributed by atoms with Crippen molar-refractivity contribution in [2.24, 2.45) is 5.92 Å². The van der Waals surface area contributed by atoms with Crippen molar-refractivity contribution < 1.29 is 23.8 Å². The largest absolute Gasteiger partial charge is 0.483 e. The molecule has 1 aliphatic heterocycles. The van der Waals surface area contributed by atoms with Gasteiger partial charge in [0.1, 0.15) is 11.3 Å². The van der Waals surface area contributed by atoms with Crippen LogP contribution >= 0.6 is 0 Å². The van der Waals surface area contributed by atoms with Crippen molar-refractivity contribution in [1.82, 2.24) is 4.90 Å². The number of hydrogen-bond donors (Lipinski definition) is 1. The average molecular weight is 359 g/mol. The summed E-state index contributed by atoms with van der Waals surface area (Å²) in [5.41, 5.74) is 1.48. The molecule has 0 bridgehead atoms. The molecule has 7 heteroatoms. The van der Waals surface area contributed by atoms with E-state index in [2.05, 4.69) is 0 Å². The molecule has 1 saturated heterocycles. The number of hydrogen-bond acceptors (Lipinski definition) is 5. The molecule has 0 radical (unpaired) electrons. The minimum atomic E-state index is -0.876. The summed E-state index contributed by atoms with van der Waals surface area (Å²) in [6.07, 6.45) is 1.25. The van der Waals surface area contributed by atoms with E-state index in [0.717, 1.165) is 10.9 Å². The Hall–Kier alpha value is -2.83. The molecule has 3 rings (SSSR count). The molecule has 26 heavy (non-hydrogen) atoms. The normalized spacial score (nSPS) is 17.3. The van der Waals surface area contributed by atoms with Gasteiger partial charge in [0, 0.05) is 30.1 Å². The first kappa shape index (κ1) is 18.0. The van der Waals surface area contributed by atoms with Gasteiger partial charge in [0.05, 0.1) is 5.92 Å². The maximum atomic E-state index is 12.4. The number of carbonyl (C=O) groups excluding carboxylic acids is 1. The number of benzene rings is 1. The number of nitrogens with zero attached hydrogens (tertiary/aromatic N) is 1. The van der Waals surface area contributed by atoms with Gasteiger partial charge in [0.15, 0.2) is 6.61 Å². The number of likely N-dealkylation sites (tertiary alicyclic amines) is 1. The second-order valence-corrected chi connectivity index (χ2v) is 6.62. The zero-order chi connectivity index (χ0) is 18.8. The highest BCUT2D eigenvalue weighted by atomic mass is 16.5. The van der Waals surface area contributed by atoms with Gasteiger partial charge in [-0.25, -0.2) is 4.79 Å². The summed E-state index contributed by atoms with van der Waals surface area (Å²) in [6, 6.07) is 4.97. The van der Waals surface area contributed by atoms with Gasteiger partial charge in [0.25, 0.3) is 5.91 Å². The van der Waals surface area contributed by atoms with E-state index in [1.165, 1.54) is 11.0 Å². The van der Waals surface area contributed by atoms with Crippen molar-refractivity contribution in [1.29, 1.82) is 0 Å². The smallest absolute Gasteiger partial charge is 0.336 e. The summed E-state index contributed by atoms with van der Waals surface area (Å²) in [4.78, 5) is 36.6. The topological polar surface area (TPSA) is 97.0 Å². The van der Waals surface area contributed by atoms with Crippen molar-refractivity contribution in [2.75, 3.05) is 19.7 Å². The molecule has 1 aromatic heterocycles. The van der Waals surface area contributed by atoms with Crippen LogP contribution in [0.3, 0.4) is 0 Å². The number of amides is 1. The molecular formula is C19H21NO6. The first-order valence-corrected chi connectivity index (χ1v) is 8.54. The lowest BCUT2D eigenvalue weighted by atomic mass is 9.98. The molecule has 0 aliphatic carbocycles. The Labute approximate surface area is 150 Å². The van der Waals surface area contributed by atoms with Gasteiger partial charge in [0.2, 0.25) is 0 Å². The zero-order valence-corrected chi connectivity index (χ0v) is 14.8. The van der Waals surface area contributed by atoms with Gasteiger partial charge in [-0.2, -0.15) is 0 Å². The number of aliphatic carboxylic acids is 1. The molecule has 1 atom stereocenters. The lowest BCUT2D eigenvalue weighted by Crippen LogP contribution is -2.44. The van der Waals surface area contributed by atoms with Crippen LogP contribution in [-0.2, 0) is 9.59 Å². The SMILES string of the molecule is Cc1cc(=O)oc2c(C)c(OCC(=O)N3CCC[C@@H](C(=O)O)C3)ccc12. The summed E-state index contributed by atoms with van der Waals surface area (Å²) >= 11 is 0. The van der Waals surface area contributed by atoms with Crippen molar-refractivity contribution in [3.05, 3.63) is 39.7 Å². The summed E-state index contributed by atoms with van der Waals surface area (Å²) < 4.78 is 10.9. The fraction of sp³-hybridized carbons (Fsp3) is 0.421. The van der Waals surface area contributed by atoms with Crippen LogP contribution in [0.2, 0.25) is 0 Å². The van der Waals surface area contributed by atoms with Gasteiger partial charge in [-0.3, -0.25) is 9.59 Å². The summed E-state index contributed by atoms with van der Waals surface area (Å²) in [5, 5.41) is 9.94. The van der Waals surface area contributed by atoms with Crippen LogP contribution < -0.4 is 10.4 Å². The second-order valence-electron chi connectivity index (χ2n) is 6.62. The molecule has 1 amide bonds. The Morgan fingerprint density at radius 1 is 1.35 bits per heavy atom. The Kier molecular flexibility index (Phi) is 4.97. The van der Waals surface area contributed by atoms with Gasteiger partial charge in [-0.15, -0.1) is 0 Å². The van der Waals surface area contributed by atoms with E-state index in [4.69, 9.17) is 14.3 Å². The van der Waals surface area contributed by atoms with E-state index in [1.54, 1.807) is 19.1 Å². The fourth-order valence-electron chi connectivity index (χ4n) is 3.29. The molecule has 1 N–H and O–H groups in total. The van der Waals surface area contributed by atoms with E-state index in [9.17, 15) is 14.4 Å². The van der Waals surface area contributed by atoms with E-state index >= 15 is 0 Å². The lowest BCUT2D eigenvalue weighted by molar-refractivity contribution is -0.146. The highest BCUT2D eigenvalue weighted by molar-refractivity contribution is 5.85. The lowest BCUT2D eigenvalue weighted by Gasteiger charge is -2.30. The van der Waals surface area contributed by atoms with Crippen LogP contribution in [0.5, 0.6) is 5.75 Å². The Bertz CT molecular complexity index is 916. The monoisotopic (exact) mass is 359 g/mol. The Morgan fingerprint density at radius 3 is 2.85 bits per heavy atom. The maximum absolute atomic E-state index is 12.4. The molecule has 138 valence electrons. The molecule has 0 saturated carbocycles. The average Bonchev–Trinajstić information content (AvgIpc) is 2.61. The molecule has 1 aliphatic rings. The van der Waals surface area contributed by atoms with Crippen molar-refractivity contribution >= 4 is 22.8 Å². The molecule has 1 aromatic carbocycles. The number of carboxylic acid groups (broad SMARTS) is 1. The number of carboxylic acids is 1. The third-order valence-electron chi connectivity index (χ3n) is 4.79. The second kappa shape index (κ2) is 7.19. The van der Waals surface area contributed by atoms with Gasteiger partial charge in [-0.1, -0.05) is 0 Å². The van der Waals surface area contributed by atoms with Crippen LogP contribution in [0.4, 0.5) is 0 Å². The molecule has 7 nitrogen and oxygen atoms in total. The summed E-state index contributed by atoms with van der Waals surface area (Å²) in [5.74, 6) is -1.18. The van der Waals surface area contributed by atoms with E-state index in [1.807, 2.05) is 6.92 Å². The highest BCUT2D eigenvalue weighted by Gasteiger charge is 2.28. The number of aryl methyl sites for hydroxylation is 2. The third kappa shape index (κ3) is 3.56. The van der Waals surface area contributed by atoms with E-state index in [0.29, 0.717) is 36.3 Å². The van der Waals surface area contributed by atoms with Crippen molar-refractivity contribution in [3.63, 3.8) is 0 Å². The van der Waals surface area contributed by atoms with Gasteiger partial charge >= 0.3 is 11.6 Å². The number of rotatable bonds is 4. The minimum absolute atomic E-state index is 0.186.